The molecule has 0 spiro atoms. The Kier molecular flexibility index (Phi) is 1.68. The fraction of sp³-hybridized carbons (Fsp3) is 0.267. The molecular weight excluding hydrogens is 224 g/mol. The number of hydrogen-bond acceptors (Lipinski definition) is 1. The van der Waals surface area contributed by atoms with Gasteiger partial charge in [-0.1, -0.05) is 18.2 Å². The highest BCUT2D eigenvalue weighted by atomic mass is 16.2. The first-order valence-electron chi connectivity index (χ1n) is 6.31. The Balaban J connectivity index is 2.03. The minimum Gasteiger partial charge on any atom is -0.356 e. The molecule has 1 aromatic heterocycles. The molecule has 3 nitrogen and oxygen atoms in total. The second kappa shape index (κ2) is 3.05. The van der Waals surface area contributed by atoms with Gasteiger partial charge in [-0.3, -0.25) is 4.79 Å². The number of aromatic amines is 1. The van der Waals surface area contributed by atoms with E-state index in [1.165, 1.54) is 22.2 Å². The van der Waals surface area contributed by atoms with Gasteiger partial charge in [0.15, 0.2) is 0 Å². The van der Waals surface area contributed by atoms with E-state index in [2.05, 4.69) is 30.1 Å². The summed E-state index contributed by atoms with van der Waals surface area (Å²) in [5, 5.41) is 1.29. The number of amides is 1. The van der Waals surface area contributed by atoms with Crippen LogP contribution in [0.25, 0.3) is 10.9 Å². The number of nitrogens with zero attached hydrogens (tertiary/aromatic N) is 1. The number of benzene rings is 1. The second-order valence-corrected chi connectivity index (χ2v) is 5.24. The van der Waals surface area contributed by atoms with Crippen molar-refractivity contribution < 1.29 is 4.79 Å². The van der Waals surface area contributed by atoms with Crippen LogP contribution in [0, 0.1) is 0 Å². The molecule has 0 bridgehead atoms. The maximum absolute atomic E-state index is 11.9. The van der Waals surface area contributed by atoms with Crippen LogP contribution in [0.4, 0.5) is 0 Å². The summed E-state index contributed by atoms with van der Waals surface area (Å²) in [6.07, 6.45) is 4.64. The number of H-pyrrole nitrogens is 1. The highest BCUT2D eigenvalue weighted by Crippen LogP contribution is 2.41. The summed E-state index contributed by atoms with van der Waals surface area (Å²) in [6.45, 7) is 2.92. The monoisotopic (exact) mass is 238 g/mol. The molecule has 90 valence electrons. The molecule has 1 N–H and O–H groups in total. The maximum Gasteiger partial charge on any atom is 0.247 e. The van der Waals surface area contributed by atoms with Gasteiger partial charge >= 0.3 is 0 Å². The van der Waals surface area contributed by atoms with Gasteiger partial charge in [0.05, 0.1) is 5.54 Å². The third-order valence-electron chi connectivity index (χ3n) is 4.28. The Hall–Kier alpha value is -2.03. The van der Waals surface area contributed by atoms with Crippen LogP contribution in [0.5, 0.6) is 0 Å². The van der Waals surface area contributed by atoms with Gasteiger partial charge < -0.3 is 9.88 Å². The summed E-state index contributed by atoms with van der Waals surface area (Å²) < 4.78 is 0. The van der Waals surface area contributed by atoms with Gasteiger partial charge in [0.2, 0.25) is 5.91 Å². The number of carbonyl (C=O) groups is 1. The zero-order valence-corrected chi connectivity index (χ0v) is 10.2. The Morgan fingerprint density at radius 3 is 3.06 bits per heavy atom. The summed E-state index contributed by atoms with van der Waals surface area (Å²) in [5.74, 6) is 0.127. The molecule has 2 aliphatic rings. The minimum atomic E-state index is -0.288. The molecule has 1 atom stereocenters. The lowest BCUT2D eigenvalue weighted by Gasteiger charge is -2.39. The first kappa shape index (κ1) is 9.95. The normalized spacial score (nSPS) is 25.6. The van der Waals surface area contributed by atoms with Crippen molar-refractivity contribution in [2.45, 2.75) is 18.9 Å². The van der Waals surface area contributed by atoms with E-state index in [4.69, 9.17) is 0 Å². The van der Waals surface area contributed by atoms with Crippen molar-refractivity contribution >= 4 is 16.8 Å². The van der Waals surface area contributed by atoms with Gasteiger partial charge in [-0.15, -0.1) is 0 Å². The van der Waals surface area contributed by atoms with Crippen LogP contribution in [-0.2, 0) is 16.8 Å². The summed E-state index contributed by atoms with van der Waals surface area (Å²) in [7, 11) is 0. The number of aromatic nitrogens is 1. The van der Waals surface area contributed by atoms with Crippen molar-refractivity contribution in [2.75, 3.05) is 6.54 Å². The molecule has 1 aromatic carbocycles. The number of nitrogens with one attached hydrogen (secondary N) is 1. The first-order chi connectivity index (χ1) is 8.70. The van der Waals surface area contributed by atoms with E-state index < -0.39 is 0 Å². The standard InChI is InChI=1S/C15H14N2O/c1-15-8-6-13(18)17(15)9-7-11-10-4-2-3-5-12(10)16-14(11)15/h2-6,8,16H,7,9H2,1H3. The van der Waals surface area contributed by atoms with Crippen LogP contribution in [0.2, 0.25) is 0 Å². The van der Waals surface area contributed by atoms with Crippen molar-refractivity contribution in [2.24, 2.45) is 0 Å². The van der Waals surface area contributed by atoms with E-state index in [9.17, 15) is 4.79 Å². The van der Waals surface area contributed by atoms with E-state index in [-0.39, 0.29) is 11.4 Å². The maximum atomic E-state index is 11.9. The average molecular weight is 238 g/mol. The molecule has 3 heterocycles. The lowest BCUT2D eigenvalue weighted by atomic mass is 9.88. The highest BCUT2D eigenvalue weighted by molar-refractivity contribution is 5.93. The van der Waals surface area contributed by atoms with E-state index in [1.807, 2.05) is 17.0 Å². The summed E-state index contributed by atoms with van der Waals surface area (Å²) >= 11 is 0. The SMILES string of the molecule is CC12C=CC(=O)N1CCc1c2[nH]c2ccccc12. The molecule has 2 aromatic rings. The largest absolute Gasteiger partial charge is 0.356 e. The van der Waals surface area contributed by atoms with Crippen molar-refractivity contribution in [1.29, 1.82) is 0 Å². The van der Waals surface area contributed by atoms with Crippen molar-refractivity contribution in [3.8, 4) is 0 Å². The number of para-hydroxylation sites is 1. The quantitative estimate of drug-likeness (QED) is 0.751. The van der Waals surface area contributed by atoms with E-state index >= 15 is 0 Å². The van der Waals surface area contributed by atoms with Crippen LogP contribution in [0.1, 0.15) is 18.2 Å². The van der Waals surface area contributed by atoms with Gasteiger partial charge in [-0.2, -0.15) is 0 Å². The topological polar surface area (TPSA) is 36.1 Å². The third kappa shape index (κ3) is 1.02. The molecule has 18 heavy (non-hydrogen) atoms. The lowest BCUT2D eigenvalue weighted by Crippen LogP contribution is -2.46. The van der Waals surface area contributed by atoms with E-state index in [0.717, 1.165) is 13.0 Å². The lowest BCUT2D eigenvalue weighted by molar-refractivity contribution is -0.129. The summed E-state index contributed by atoms with van der Waals surface area (Å²) in [6, 6.07) is 8.37. The zero-order chi connectivity index (χ0) is 12.3. The summed E-state index contributed by atoms with van der Waals surface area (Å²) in [5.41, 5.74) is 3.42. The molecular formula is C15H14N2O. The minimum absolute atomic E-state index is 0.127. The summed E-state index contributed by atoms with van der Waals surface area (Å²) in [4.78, 5) is 17.3. The van der Waals surface area contributed by atoms with Gasteiger partial charge in [0, 0.05) is 29.2 Å². The van der Waals surface area contributed by atoms with Crippen molar-refractivity contribution in [3.05, 3.63) is 47.7 Å². The predicted molar refractivity (Wildman–Crippen MR) is 70.2 cm³/mol. The van der Waals surface area contributed by atoms with Crippen molar-refractivity contribution in [1.82, 2.24) is 9.88 Å². The molecule has 1 unspecified atom stereocenters. The molecule has 0 radical (unpaired) electrons. The van der Waals surface area contributed by atoms with Gasteiger partial charge in [0.25, 0.3) is 0 Å². The Morgan fingerprint density at radius 2 is 2.17 bits per heavy atom. The number of fused-ring (bicyclic) bond motifs is 5. The van der Waals surface area contributed by atoms with Gasteiger partial charge in [0.1, 0.15) is 0 Å². The molecule has 3 heteroatoms. The second-order valence-electron chi connectivity index (χ2n) is 5.24. The van der Waals surface area contributed by atoms with Gasteiger partial charge in [-0.25, -0.2) is 0 Å². The van der Waals surface area contributed by atoms with Gasteiger partial charge in [-0.05, 0) is 31.1 Å². The Morgan fingerprint density at radius 1 is 1.33 bits per heavy atom. The molecule has 4 rings (SSSR count). The highest BCUT2D eigenvalue weighted by Gasteiger charge is 2.44. The van der Waals surface area contributed by atoms with Crippen LogP contribution < -0.4 is 0 Å². The molecule has 0 fully saturated rings. The molecule has 0 saturated carbocycles. The average Bonchev–Trinajstić information content (AvgIpc) is 2.89. The van der Waals surface area contributed by atoms with Crippen LogP contribution in [0.3, 0.4) is 0 Å². The van der Waals surface area contributed by atoms with Crippen LogP contribution in [0.15, 0.2) is 36.4 Å². The molecule has 1 amide bonds. The zero-order valence-electron chi connectivity index (χ0n) is 10.2. The third-order valence-corrected chi connectivity index (χ3v) is 4.28. The Bertz CT molecular complexity index is 698. The number of hydrogen-bond donors (Lipinski definition) is 1. The fourth-order valence-corrected chi connectivity index (χ4v) is 3.32. The van der Waals surface area contributed by atoms with Crippen molar-refractivity contribution in [3.63, 3.8) is 0 Å². The van der Waals surface area contributed by atoms with Crippen LogP contribution in [-0.4, -0.2) is 22.3 Å². The fourth-order valence-electron chi connectivity index (χ4n) is 3.32. The van der Waals surface area contributed by atoms with E-state index in [1.54, 1.807) is 6.08 Å². The molecule has 2 aliphatic heterocycles. The number of rotatable bonds is 0. The smallest absolute Gasteiger partial charge is 0.247 e. The molecule has 0 saturated heterocycles. The Labute approximate surface area is 105 Å². The first-order valence-corrected chi connectivity index (χ1v) is 6.31. The number of carbonyl (C=O) groups excluding carboxylic acids is 1. The predicted octanol–water partition coefficient (Wildman–Crippen LogP) is 2.34. The molecule has 0 aliphatic carbocycles. The van der Waals surface area contributed by atoms with Crippen LogP contribution >= 0.6 is 0 Å². The van der Waals surface area contributed by atoms with E-state index in [0.29, 0.717) is 0 Å².